The van der Waals surface area contributed by atoms with Crippen LogP contribution in [-0.2, 0) is 6.42 Å². The molecule has 8 nitrogen and oxygen atoms in total. The fourth-order valence-electron chi connectivity index (χ4n) is 4.92. The third kappa shape index (κ3) is 4.31. The molecule has 0 bridgehead atoms. The number of amides is 1. The molecule has 4 heterocycles. The lowest BCUT2D eigenvalue weighted by Gasteiger charge is -2.33. The number of fused-ring (bicyclic) bond motifs is 2. The van der Waals surface area contributed by atoms with Crippen molar-refractivity contribution < 1.29 is 4.79 Å². The number of aryl methyl sites for hydroxylation is 1. The topological polar surface area (TPSA) is 87.1 Å². The molecule has 6 rings (SSSR count). The predicted octanol–water partition coefficient (Wildman–Crippen LogP) is 3.80. The van der Waals surface area contributed by atoms with Gasteiger partial charge in [-0.25, -0.2) is 15.0 Å². The Balaban J connectivity index is 1.31. The Morgan fingerprint density at radius 1 is 0.972 bits per heavy atom. The van der Waals surface area contributed by atoms with Crippen LogP contribution in [0.3, 0.4) is 0 Å². The quantitative estimate of drug-likeness (QED) is 0.478. The molecule has 1 fully saturated rings. The van der Waals surface area contributed by atoms with Crippen molar-refractivity contribution in [3.8, 4) is 0 Å². The molecule has 1 aromatic carbocycles. The van der Waals surface area contributed by atoms with Crippen LogP contribution in [0.25, 0.3) is 16.5 Å². The van der Waals surface area contributed by atoms with E-state index in [0.717, 1.165) is 78.1 Å². The molecule has 180 valence electrons. The summed E-state index contributed by atoms with van der Waals surface area (Å²) in [5, 5.41) is 3.98. The molecular formula is C28H27N7O. The molecule has 36 heavy (non-hydrogen) atoms. The lowest BCUT2D eigenvalue weighted by Crippen LogP contribution is -2.44. The Morgan fingerprint density at radius 2 is 1.81 bits per heavy atom. The summed E-state index contributed by atoms with van der Waals surface area (Å²) in [4.78, 5) is 35.2. The van der Waals surface area contributed by atoms with Crippen LogP contribution < -0.4 is 10.2 Å². The SMILES string of the molecule is CN1CCN(c2ncnc3ccc(C4=CCCc5nc(NC(=O)c6ccncc6)ccc54)cc23)CC1. The number of aromatic nitrogens is 4. The van der Waals surface area contributed by atoms with Gasteiger partial charge in [0.05, 0.1) is 11.2 Å². The zero-order chi connectivity index (χ0) is 24.5. The van der Waals surface area contributed by atoms with Gasteiger partial charge in [-0.2, -0.15) is 0 Å². The number of anilines is 2. The number of rotatable bonds is 4. The summed E-state index contributed by atoms with van der Waals surface area (Å²) in [5.74, 6) is 1.36. The highest BCUT2D eigenvalue weighted by Crippen LogP contribution is 2.34. The molecule has 0 saturated carbocycles. The van der Waals surface area contributed by atoms with Gasteiger partial charge in [-0.05, 0) is 67.4 Å². The van der Waals surface area contributed by atoms with E-state index < -0.39 is 0 Å². The summed E-state index contributed by atoms with van der Waals surface area (Å²) in [7, 11) is 2.16. The Kier molecular flexibility index (Phi) is 5.87. The van der Waals surface area contributed by atoms with Gasteiger partial charge in [0.1, 0.15) is 18.0 Å². The molecule has 4 aromatic rings. The van der Waals surface area contributed by atoms with Gasteiger partial charge in [0, 0.05) is 55.1 Å². The minimum atomic E-state index is -0.192. The predicted molar refractivity (Wildman–Crippen MR) is 141 cm³/mol. The van der Waals surface area contributed by atoms with Gasteiger partial charge in [-0.3, -0.25) is 9.78 Å². The molecule has 3 aromatic heterocycles. The number of nitrogens with one attached hydrogen (secondary N) is 1. The second-order valence-electron chi connectivity index (χ2n) is 9.26. The first-order valence-electron chi connectivity index (χ1n) is 12.3. The van der Waals surface area contributed by atoms with Crippen LogP contribution in [0.2, 0.25) is 0 Å². The van der Waals surface area contributed by atoms with Crippen LogP contribution in [0, 0.1) is 0 Å². The average Bonchev–Trinajstić information content (AvgIpc) is 2.93. The molecule has 0 unspecified atom stereocenters. The number of hydrogen-bond acceptors (Lipinski definition) is 7. The van der Waals surface area contributed by atoms with Crippen LogP contribution >= 0.6 is 0 Å². The maximum Gasteiger partial charge on any atom is 0.256 e. The van der Waals surface area contributed by atoms with Gasteiger partial charge in [-0.1, -0.05) is 12.1 Å². The van der Waals surface area contributed by atoms with E-state index in [1.54, 1.807) is 30.9 Å². The Labute approximate surface area is 209 Å². The van der Waals surface area contributed by atoms with Crippen LogP contribution in [0.1, 0.15) is 33.6 Å². The van der Waals surface area contributed by atoms with Gasteiger partial charge in [0.2, 0.25) is 0 Å². The Morgan fingerprint density at radius 3 is 2.64 bits per heavy atom. The monoisotopic (exact) mass is 477 g/mol. The number of likely N-dealkylation sites (N-methyl/N-ethyl adjacent to an activating group) is 1. The van der Waals surface area contributed by atoms with Crippen molar-refractivity contribution in [2.75, 3.05) is 43.4 Å². The number of nitrogens with zero attached hydrogens (tertiary/aromatic N) is 6. The molecular weight excluding hydrogens is 450 g/mol. The molecule has 1 aliphatic heterocycles. The molecule has 0 spiro atoms. The number of carbonyl (C=O) groups is 1. The van der Waals surface area contributed by atoms with Crippen molar-refractivity contribution in [1.82, 2.24) is 24.8 Å². The van der Waals surface area contributed by atoms with E-state index in [2.05, 4.69) is 67.5 Å². The fraction of sp³-hybridized carbons (Fsp3) is 0.250. The first-order valence-corrected chi connectivity index (χ1v) is 12.3. The maximum absolute atomic E-state index is 12.6. The molecule has 2 aliphatic rings. The summed E-state index contributed by atoms with van der Waals surface area (Å²) in [6.07, 6.45) is 8.88. The maximum atomic E-state index is 12.6. The van der Waals surface area contributed by atoms with Crippen molar-refractivity contribution in [3.63, 3.8) is 0 Å². The highest BCUT2D eigenvalue weighted by atomic mass is 16.1. The molecule has 1 aliphatic carbocycles. The van der Waals surface area contributed by atoms with Crippen LogP contribution in [0.5, 0.6) is 0 Å². The highest BCUT2D eigenvalue weighted by molar-refractivity contribution is 6.03. The van der Waals surface area contributed by atoms with Crippen molar-refractivity contribution in [3.05, 3.63) is 89.6 Å². The molecule has 1 N–H and O–H groups in total. The Hall–Kier alpha value is -4.17. The Bertz CT molecular complexity index is 1460. The van der Waals surface area contributed by atoms with Gasteiger partial charge >= 0.3 is 0 Å². The van der Waals surface area contributed by atoms with Crippen molar-refractivity contribution >= 4 is 34.0 Å². The third-order valence-corrected chi connectivity index (χ3v) is 6.91. The second kappa shape index (κ2) is 9.47. The number of carbonyl (C=O) groups excluding carboxylic acids is 1. The highest BCUT2D eigenvalue weighted by Gasteiger charge is 2.21. The van der Waals surface area contributed by atoms with E-state index >= 15 is 0 Å². The zero-order valence-electron chi connectivity index (χ0n) is 20.2. The zero-order valence-corrected chi connectivity index (χ0v) is 20.2. The van der Waals surface area contributed by atoms with Crippen molar-refractivity contribution in [2.24, 2.45) is 0 Å². The van der Waals surface area contributed by atoms with Crippen molar-refractivity contribution in [2.45, 2.75) is 12.8 Å². The van der Waals surface area contributed by atoms with Crippen LogP contribution in [0.4, 0.5) is 11.6 Å². The summed E-state index contributed by atoms with van der Waals surface area (Å²) in [6.45, 7) is 3.96. The lowest BCUT2D eigenvalue weighted by molar-refractivity contribution is 0.102. The molecule has 0 atom stereocenters. The van der Waals surface area contributed by atoms with E-state index in [-0.39, 0.29) is 5.91 Å². The summed E-state index contributed by atoms with van der Waals surface area (Å²) < 4.78 is 0. The summed E-state index contributed by atoms with van der Waals surface area (Å²) in [5.41, 5.74) is 5.88. The van der Waals surface area contributed by atoms with Gasteiger partial charge < -0.3 is 15.1 Å². The lowest BCUT2D eigenvalue weighted by atomic mass is 9.89. The molecule has 1 amide bonds. The minimum Gasteiger partial charge on any atom is -0.353 e. The largest absolute Gasteiger partial charge is 0.353 e. The second-order valence-corrected chi connectivity index (χ2v) is 9.26. The number of pyridine rings is 2. The van der Waals surface area contributed by atoms with E-state index in [1.165, 1.54) is 0 Å². The summed E-state index contributed by atoms with van der Waals surface area (Å²) >= 11 is 0. The average molecular weight is 478 g/mol. The third-order valence-electron chi connectivity index (χ3n) is 6.91. The fourth-order valence-corrected chi connectivity index (χ4v) is 4.92. The van der Waals surface area contributed by atoms with E-state index in [0.29, 0.717) is 11.4 Å². The smallest absolute Gasteiger partial charge is 0.256 e. The number of benzene rings is 1. The van der Waals surface area contributed by atoms with E-state index in [4.69, 9.17) is 4.98 Å². The number of piperazine rings is 1. The van der Waals surface area contributed by atoms with E-state index in [1.807, 2.05) is 6.07 Å². The molecule has 0 radical (unpaired) electrons. The molecule has 1 saturated heterocycles. The van der Waals surface area contributed by atoms with Gasteiger partial charge in [0.15, 0.2) is 0 Å². The van der Waals surface area contributed by atoms with E-state index in [9.17, 15) is 4.79 Å². The number of hydrogen-bond donors (Lipinski definition) is 1. The number of allylic oxidation sites excluding steroid dienone is 1. The first kappa shape index (κ1) is 22.3. The van der Waals surface area contributed by atoms with Crippen LogP contribution in [-0.4, -0.2) is 64.0 Å². The van der Waals surface area contributed by atoms with Crippen molar-refractivity contribution in [1.29, 1.82) is 0 Å². The summed E-state index contributed by atoms with van der Waals surface area (Å²) in [6, 6.07) is 13.7. The van der Waals surface area contributed by atoms with Gasteiger partial charge in [-0.15, -0.1) is 0 Å². The van der Waals surface area contributed by atoms with Gasteiger partial charge in [0.25, 0.3) is 5.91 Å². The molecule has 8 heteroatoms. The first-order chi connectivity index (χ1) is 17.7. The normalized spacial score (nSPS) is 15.9. The van der Waals surface area contributed by atoms with Crippen LogP contribution in [0.15, 0.2) is 67.3 Å². The minimum absolute atomic E-state index is 0.192. The standard InChI is InChI=1S/C28H27N7O/c1-34-13-15-35(16-14-34)27-23-17-20(5-7-24(23)30-18-31-27)21-3-2-4-25-22(21)6-8-26(32-25)33-28(36)19-9-11-29-12-10-19/h3,5-12,17-18H,2,4,13-16H2,1H3,(H,32,33,36).